The van der Waals surface area contributed by atoms with Crippen LogP contribution in [0.15, 0.2) is 47.3 Å². The zero-order valence-corrected chi connectivity index (χ0v) is 12.6. The van der Waals surface area contributed by atoms with Crippen molar-refractivity contribution in [2.75, 3.05) is 0 Å². The highest BCUT2D eigenvalue weighted by Crippen LogP contribution is 2.18. The van der Waals surface area contributed by atoms with Gasteiger partial charge >= 0.3 is 0 Å². The van der Waals surface area contributed by atoms with Gasteiger partial charge in [-0.3, -0.25) is 9.59 Å². The van der Waals surface area contributed by atoms with Crippen LogP contribution in [0.1, 0.15) is 29.0 Å². The van der Waals surface area contributed by atoms with Gasteiger partial charge < -0.3 is 5.32 Å². The molecule has 0 saturated carbocycles. The summed E-state index contributed by atoms with van der Waals surface area (Å²) in [5.41, 5.74) is 0.0754. The lowest BCUT2D eigenvalue weighted by atomic mass is 10.1. The number of halogens is 2. The highest BCUT2D eigenvalue weighted by Gasteiger charge is 2.17. The first-order valence-corrected chi connectivity index (χ1v) is 7.20. The van der Waals surface area contributed by atoms with Gasteiger partial charge in [-0.05, 0) is 30.7 Å². The highest BCUT2D eigenvalue weighted by molar-refractivity contribution is 6.04. The first-order valence-electron chi connectivity index (χ1n) is 7.20. The first kappa shape index (κ1) is 15.8. The van der Waals surface area contributed by atoms with Crippen molar-refractivity contribution < 1.29 is 13.6 Å². The lowest BCUT2D eigenvalue weighted by Gasteiger charge is -2.14. The maximum atomic E-state index is 13.3. The van der Waals surface area contributed by atoms with Gasteiger partial charge in [0.05, 0.1) is 11.4 Å². The molecule has 24 heavy (non-hydrogen) atoms. The van der Waals surface area contributed by atoms with Crippen molar-refractivity contribution in [1.29, 1.82) is 0 Å². The van der Waals surface area contributed by atoms with Gasteiger partial charge in [0.25, 0.3) is 11.5 Å². The van der Waals surface area contributed by atoms with Crippen LogP contribution < -0.4 is 10.9 Å². The summed E-state index contributed by atoms with van der Waals surface area (Å²) in [5, 5.41) is 9.50. The fourth-order valence-corrected chi connectivity index (χ4v) is 2.42. The molecule has 1 atom stereocenters. The molecule has 3 aromatic rings. The van der Waals surface area contributed by atoms with Gasteiger partial charge in [0.1, 0.15) is 0 Å². The number of nitrogens with one attached hydrogen (secondary N) is 2. The molecule has 0 fully saturated rings. The molecule has 3 rings (SSSR count). The third kappa shape index (κ3) is 2.88. The maximum absolute atomic E-state index is 13.3. The molecule has 0 aliphatic heterocycles. The van der Waals surface area contributed by atoms with Crippen LogP contribution in [0.4, 0.5) is 8.78 Å². The van der Waals surface area contributed by atoms with Crippen LogP contribution in [0.2, 0.25) is 0 Å². The van der Waals surface area contributed by atoms with Gasteiger partial charge in [-0.25, -0.2) is 13.9 Å². The summed E-state index contributed by atoms with van der Waals surface area (Å²) >= 11 is 0. The van der Waals surface area contributed by atoms with Gasteiger partial charge in [-0.15, -0.1) is 0 Å². The van der Waals surface area contributed by atoms with Gasteiger partial charge in [-0.2, -0.15) is 5.10 Å². The molecule has 2 N–H and O–H groups in total. The molecule has 0 aliphatic carbocycles. The van der Waals surface area contributed by atoms with Crippen molar-refractivity contribution >= 4 is 16.7 Å². The van der Waals surface area contributed by atoms with Gasteiger partial charge in [0, 0.05) is 5.39 Å². The Morgan fingerprint density at radius 2 is 1.83 bits per heavy atom. The zero-order chi connectivity index (χ0) is 17.3. The van der Waals surface area contributed by atoms with Crippen molar-refractivity contribution in [3.63, 3.8) is 0 Å². The van der Waals surface area contributed by atoms with E-state index in [1.165, 1.54) is 6.07 Å². The largest absolute Gasteiger partial charge is 0.344 e. The SMILES string of the molecule is C[C@H](NC(=O)c1n[nH]c(=O)c2ccccc12)c1ccc(F)c(F)c1. The molecule has 122 valence electrons. The molecule has 1 amide bonds. The third-order valence-corrected chi connectivity index (χ3v) is 3.70. The molecule has 7 heteroatoms. The number of amides is 1. The molecule has 0 unspecified atom stereocenters. The fourth-order valence-electron chi connectivity index (χ4n) is 2.42. The number of carbonyl (C=O) groups excluding carboxylic acids is 1. The van der Waals surface area contributed by atoms with E-state index in [9.17, 15) is 18.4 Å². The Kier molecular flexibility index (Phi) is 4.07. The summed E-state index contributed by atoms with van der Waals surface area (Å²) in [7, 11) is 0. The second-order valence-corrected chi connectivity index (χ2v) is 5.32. The smallest absolute Gasteiger partial charge is 0.272 e. The second kappa shape index (κ2) is 6.19. The molecule has 1 aromatic heterocycles. The molecule has 0 saturated heterocycles. The minimum Gasteiger partial charge on any atom is -0.344 e. The molecular weight excluding hydrogens is 316 g/mol. The van der Waals surface area contributed by atoms with E-state index in [1.807, 2.05) is 0 Å². The van der Waals surface area contributed by atoms with Crippen LogP contribution in [0, 0.1) is 11.6 Å². The number of rotatable bonds is 3. The minimum atomic E-state index is -0.985. The van der Waals surface area contributed by atoms with E-state index in [2.05, 4.69) is 15.5 Å². The molecule has 1 heterocycles. The van der Waals surface area contributed by atoms with E-state index in [0.29, 0.717) is 16.3 Å². The van der Waals surface area contributed by atoms with Gasteiger partial charge in [-0.1, -0.05) is 24.3 Å². The predicted molar refractivity (Wildman–Crippen MR) is 84.6 cm³/mol. The Hall–Kier alpha value is -3.09. The van der Waals surface area contributed by atoms with Crippen LogP contribution in [0.3, 0.4) is 0 Å². The lowest BCUT2D eigenvalue weighted by Crippen LogP contribution is -2.29. The second-order valence-electron chi connectivity index (χ2n) is 5.32. The number of hydrogen-bond donors (Lipinski definition) is 2. The zero-order valence-electron chi connectivity index (χ0n) is 12.6. The summed E-state index contributed by atoms with van der Waals surface area (Å²) in [6, 6.07) is 9.43. The van der Waals surface area contributed by atoms with E-state index in [1.54, 1.807) is 31.2 Å². The third-order valence-electron chi connectivity index (χ3n) is 3.70. The standard InChI is InChI=1S/C17H13F2N3O2/c1-9(10-6-7-13(18)14(19)8-10)20-17(24)15-11-4-2-3-5-12(11)16(23)22-21-15/h2-9H,1H3,(H,20,24)(H,22,23)/t9-/m0/s1. The summed E-state index contributed by atoms with van der Waals surface area (Å²) in [4.78, 5) is 24.2. The van der Waals surface area contributed by atoms with Gasteiger partial charge in [0.15, 0.2) is 17.3 Å². The normalized spacial score (nSPS) is 12.1. The highest BCUT2D eigenvalue weighted by atomic mass is 19.2. The number of benzene rings is 2. The van der Waals surface area contributed by atoms with Crippen molar-refractivity contribution in [2.45, 2.75) is 13.0 Å². The van der Waals surface area contributed by atoms with Crippen LogP contribution in [-0.4, -0.2) is 16.1 Å². The Labute approximate surface area is 135 Å². The Morgan fingerprint density at radius 1 is 1.12 bits per heavy atom. The number of fused-ring (bicyclic) bond motifs is 1. The summed E-state index contributed by atoms with van der Waals surface area (Å²) in [5.74, 6) is -2.47. The van der Waals surface area contributed by atoms with Crippen molar-refractivity contribution in [1.82, 2.24) is 15.5 Å². The van der Waals surface area contributed by atoms with E-state index in [4.69, 9.17) is 0 Å². The topological polar surface area (TPSA) is 74.8 Å². The monoisotopic (exact) mass is 329 g/mol. The Balaban J connectivity index is 1.91. The molecule has 0 spiro atoms. The lowest BCUT2D eigenvalue weighted by molar-refractivity contribution is 0.0935. The molecular formula is C17H13F2N3O2. The van der Waals surface area contributed by atoms with Crippen molar-refractivity contribution in [2.24, 2.45) is 0 Å². The molecule has 5 nitrogen and oxygen atoms in total. The Morgan fingerprint density at radius 3 is 2.54 bits per heavy atom. The molecule has 2 aromatic carbocycles. The number of aromatic amines is 1. The minimum absolute atomic E-state index is 0.0552. The number of nitrogens with zero attached hydrogens (tertiary/aromatic N) is 1. The maximum Gasteiger partial charge on any atom is 0.272 e. The number of aromatic nitrogens is 2. The summed E-state index contributed by atoms with van der Waals surface area (Å²) < 4.78 is 26.3. The average Bonchev–Trinajstić information content (AvgIpc) is 2.57. The van der Waals surface area contributed by atoms with E-state index < -0.39 is 29.1 Å². The van der Waals surface area contributed by atoms with Crippen molar-refractivity contribution in [3.05, 3.63) is 75.7 Å². The fraction of sp³-hybridized carbons (Fsp3) is 0.118. The van der Waals surface area contributed by atoms with E-state index in [0.717, 1.165) is 12.1 Å². The molecule has 0 aliphatic rings. The van der Waals surface area contributed by atoms with Crippen LogP contribution in [0.25, 0.3) is 10.8 Å². The van der Waals surface area contributed by atoms with Crippen LogP contribution in [0.5, 0.6) is 0 Å². The summed E-state index contributed by atoms with van der Waals surface area (Å²) in [6.07, 6.45) is 0. The van der Waals surface area contributed by atoms with Crippen LogP contribution in [-0.2, 0) is 0 Å². The van der Waals surface area contributed by atoms with Gasteiger partial charge in [0.2, 0.25) is 0 Å². The number of H-pyrrole nitrogens is 1. The van der Waals surface area contributed by atoms with Crippen molar-refractivity contribution in [3.8, 4) is 0 Å². The molecule has 0 bridgehead atoms. The Bertz CT molecular complexity index is 985. The van der Waals surface area contributed by atoms with Crippen LogP contribution >= 0.6 is 0 Å². The number of hydrogen-bond acceptors (Lipinski definition) is 3. The quantitative estimate of drug-likeness (QED) is 0.776. The average molecular weight is 329 g/mol. The van der Waals surface area contributed by atoms with E-state index >= 15 is 0 Å². The number of carbonyl (C=O) groups is 1. The van der Waals surface area contributed by atoms with E-state index in [-0.39, 0.29) is 5.69 Å². The molecule has 0 radical (unpaired) electrons. The summed E-state index contributed by atoms with van der Waals surface area (Å²) in [6.45, 7) is 1.64. The predicted octanol–water partition coefficient (Wildman–Crippen LogP) is 2.69. The first-order chi connectivity index (χ1) is 11.5.